The van der Waals surface area contributed by atoms with E-state index in [4.69, 9.17) is 5.73 Å². The lowest BCUT2D eigenvalue weighted by atomic mass is 10.4. The van der Waals surface area contributed by atoms with Crippen molar-refractivity contribution in [2.45, 2.75) is 6.10 Å². The third kappa shape index (κ3) is 2.14. The number of hydrogen-bond acceptors (Lipinski definition) is 3. The SMILES string of the molecule is NC[C@@H]([O-])C[O-]. The van der Waals surface area contributed by atoms with Gasteiger partial charge in [-0.2, -0.15) is 6.61 Å². The van der Waals surface area contributed by atoms with Gasteiger partial charge in [-0.1, -0.05) is 0 Å². The van der Waals surface area contributed by atoms with Crippen molar-refractivity contribution in [1.82, 2.24) is 0 Å². The van der Waals surface area contributed by atoms with Crippen molar-refractivity contribution >= 4 is 0 Å². The van der Waals surface area contributed by atoms with E-state index in [2.05, 4.69) is 0 Å². The van der Waals surface area contributed by atoms with Crippen molar-refractivity contribution in [1.29, 1.82) is 0 Å². The predicted molar refractivity (Wildman–Crippen MR) is 17.7 cm³/mol. The van der Waals surface area contributed by atoms with E-state index in [0.29, 0.717) is 0 Å². The summed E-state index contributed by atoms with van der Waals surface area (Å²) in [6, 6.07) is 0. The maximum Gasteiger partial charge on any atom is -0.0215 e. The van der Waals surface area contributed by atoms with Crippen molar-refractivity contribution in [2.24, 2.45) is 5.73 Å². The molecule has 1 atom stereocenters. The highest BCUT2D eigenvalue weighted by Crippen LogP contribution is 1.58. The molecule has 3 nitrogen and oxygen atoms in total. The molecule has 0 aromatic rings. The molecular weight excluding hydrogens is 82.0 g/mol. The zero-order valence-electron chi connectivity index (χ0n) is 3.39. The molecule has 0 aliphatic rings. The first-order valence-electron chi connectivity index (χ1n) is 1.75. The monoisotopic (exact) mass is 89.0 g/mol. The van der Waals surface area contributed by atoms with Gasteiger partial charge in [0.05, 0.1) is 0 Å². The molecule has 0 fully saturated rings. The molecule has 3 heteroatoms. The minimum Gasteiger partial charge on any atom is -0.855 e. The molecule has 0 aromatic heterocycles. The largest absolute Gasteiger partial charge is 0.855 e. The maximum atomic E-state index is 9.83. The Kier molecular flexibility index (Phi) is 3.02. The zero-order chi connectivity index (χ0) is 4.99. The van der Waals surface area contributed by atoms with Crippen LogP contribution >= 0.6 is 0 Å². The van der Waals surface area contributed by atoms with Crippen LogP contribution in [0.4, 0.5) is 0 Å². The third-order valence-corrected chi connectivity index (χ3v) is 0.449. The van der Waals surface area contributed by atoms with Crippen LogP contribution in [0.15, 0.2) is 0 Å². The Morgan fingerprint density at radius 1 is 1.67 bits per heavy atom. The molecule has 0 saturated carbocycles. The second-order valence-corrected chi connectivity index (χ2v) is 1.02. The molecular formula is C3H7NO2-2. The van der Waals surface area contributed by atoms with Crippen molar-refractivity contribution < 1.29 is 10.2 Å². The molecule has 38 valence electrons. The molecule has 6 heavy (non-hydrogen) atoms. The molecule has 0 heterocycles. The van der Waals surface area contributed by atoms with Gasteiger partial charge in [0.1, 0.15) is 0 Å². The summed E-state index contributed by atoms with van der Waals surface area (Å²) in [6.45, 7) is -0.639. The maximum absolute atomic E-state index is 9.83. The van der Waals surface area contributed by atoms with Crippen LogP contribution in [0.1, 0.15) is 0 Å². The van der Waals surface area contributed by atoms with Crippen molar-refractivity contribution in [3.63, 3.8) is 0 Å². The molecule has 0 bridgehead atoms. The average Bonchev–Trinajstić information content (AvgIpc) is 1.65. The van der Waals surface area contributed by atoms with E-state index in [9.17, 15) is 10.2 Å². The topological polar surface area (TPSA) is 72.1 Å². The summed E-state index contributed by atoms with van der Waals surface area (Å²) in [6.07, 6.45) is -1.09. The van der Waals surface area contributed by atoms with Crippen LogP contribution in [0.25, 0.3) is 0 Å². The molecule has 2 N–H and O–H groups in total. The first-order valence-corrected chi connectivity index (χ1v) is 1.75. The van der Waals surface area contributed by atoms with Crippen LogP contribution in [0, 0.1) is 0 Å². The van der Waals surface area contributed by atoms with Gasteiger partial charge in [0, 0.05) is 0 Å². The lowest BCUT2D eigenvalue weighted by molar-refractivity contribution is -0.490. The average molecular weight is 89.1 g/mol. The van der Waals surface area contributed by atoms with E-state index >= 15 is 0 Å². The van der Waals surface area contributed by atoms with E-state index < -0.39 is 12.7 Å². The molecule has 0 saturated heterocycles. The summed E-state index contributed by atoms with van der Waals surface area (Å²) in [7, 11) is 0. The lowest BCUT2D eigenvalue weighted by Gasteiger charge is -2.22. The molecule has 0 aromatic carbocycles. The standard InChI is InChI=1S/C3H7NO2/c4-1-3(6)2-5/h3H,1-2,4H2/q-2/t3-/m1/s1. The van der Waals surface area contributed by atoms with Gasteiger partial charge in [-0.05, 0) is 6.54 Å². The Morgan fingerprint density at radius 2 is 2.17 bits per heavy atom. The van der Waals surface area contributed by atoms with Crippen LogP contribution in [0.2, 0.25) is 0 Å². The number of rotatable bonds is 2. The first-order chi connectivity index (χ1) is 2.81. The minimum absolute atomic E-state index is 0.0382. The van der Waals surface area contributed by atoms with E-state index in [0.717, 1.165) is 0 Å². The van der Waals surface area contributed by atoms with Gasteiger partial charge in [0.2, 0.25) is 0 Å². The predicted octanol–water partition coefficient (Wildman–Crippen LogP) is -2.97. The summed E-state index contributed by atoms with van der Waals surface area (Å²) in [4.78, 5) is 0. The Balaban J connectivity index is 2.75. The normalized spacial score (nSPS) is 14.5. The molecule has 0 radical (unpaired) electrons. The Bertz CT molecular complexity index is 28.0. The lowest BCUT2D eigenvalue weighted by Crippen LogP contribution is -2.41. The molecule has 0 rings (SSSR count). The van der Waals surface area contributed by atoms with Gasteiger partial charge in [-0.3, -0.25) is 0 Å². The number of nitrogens with two attached hydrogens (primary N) is 1. The highest BCUT2D eigenvalue weighted by atomic mass is 16.3. The summed E-state index contributed by atoms with van der Waals surface area (Å²) < 4.78 is 0. The molecule has 0 spiro atoms. The van der Waals surface area contributed by atoms with Crippen molar-refractivity contribution in [2.75, 3.05) is 13.2 Å². The van der Waals surface area contributed by atoms with Gasteiger partial charge in [-0.15, -0.1) is 6.10 Å². The smallest absolute Gasteiger partial charge is 0.0215 e. The highest BCUT2D eigenvalue weighted by molar-refractivity contribution is 4.45. The van der Waals surface area contributed by atoms with Crippen LogP contribution in [0.3, 0.4) is 0 Å². The summed E-state index contributed by atoms with van der Waals surface area (Å²) in [5.41, 5.74) is 4.77. The van der Waals surface area contributed by atoms with Crippen molar-refractivity contribution in [3.05, 3.63) is 0 Å². The van der Waals surface area contributed by atoms with Gasteiger partial charge in [0.15, 0.2) is 0 Å². The molecule has 0 unspecified atom stereocenters. The summed E-state index contributed by atoms with van der Waals surface area (Å²) in [5.74, 6) is 0. The Hall–Kier alpha value is -0.120. The summed E-state index contributed by atoms with van der Waals surface area (Å²) >= 11 is 0. The quantitative estimate of drug-likeness (QED) is 0.392. The second kappa shape index (κ2) is 3.08. The fourth-order valence-electron chi connectivity index (χ4n) is 0.0680. The van der Waals surface area contributed by atoms with Crippen LogP contribution < -0.4 is 15.9 Å². The van der Waals surface area contributed by atoms with Gasteiger partial charge < -0.3 is 15.9 Å². The van der Waals surface area contributed by atoms with Crippen molar-refractivity contribution in [3.8, 4) is 0 Å². The third-order valence-electron chi connectivity index (χ3n) is 0.449. The van der Waals surface area contributed by atoms with E-state index in [1.165, 1.54) is 0 Å². The minimum atomic E-state index is -1.09. The van der Waals surface area contributed by atoms with E-state index in [1.807, 2.05) is 0 Å². The number of hydrogen-bond donors (Lipinski definition) is 1. The van der Waals surface area contributed by atoms with Crippen LogP contribution in [0.5, 0.6) is 0 Å². The molecule has 0 aliphatic heterocycles. The Labute approximate surface area is 36.4 Å². The van der Waals surface area contributed by atoms with E-state index in [1.54, 1.807) is 0 Å². The van der Waals surface area contributed by atoms with Gasteiger partial charge in [0.25, 0.3) is 0 Å². The first kappa shape index (κ1) is 5.88. The van der Waals surface area contributed by atoms with Crippen LogP contribution in [-0.2, 0) is 0 Å². The fraction of sp³-hybridized carbons (Fsp3) is 1.00. The Morgan fingerprint density at radius 3 is 2.17 bits per heavy atom. The van der Waals surface area contributed by atoms with Gasteiger partial charge >= 0.3 is 0 Å². The highest BCUT2D eigenvalue weighted by Gasteiger charge is 1.73. The fourth-order valence-corrected chi connectivity index (χ4v) is 0.0680. The van der Waals surface area contributed by atoms with E-state index in [-0.39, 0.29) is 6.54 Å². The zero-order valence-corrected chi connectivity index (χ0v) is 3.39. The van der Waals surface area contributed by atoms with Crippen LogP contribution in [-0.4, -0.2) is 19.3 Å². The summed E-state index contributed by atoms with van der Waals surface area (Å²) in [5, 5.41) is 19.3. The molecule has 0 amide bonds. The second-order valence-electron chi connectivity index (χ2n) is 1.02. The molecule has 0 aliphatic carbocycles. The van der Waals surface area contributed by atoms with Gasteiger partial charge in [-0.25, -0.2) is 0 Å².